The van der Waals surface area contributed by atoms with E-state index in [0.29, 0.717) is 0 Å². The minimum absolute atomic E-state index is 0.111. The maximum atomic E-state index is 9.08. The van der Waals surface area contributed by atoms with Crippen LogP contribution in [0.4, 0.5) is 5.82 Å². The molecule has 0 amide bonds. The minimum atomic E-state index is -0.111. The molecule has 2 N–H and O–H groups in total. The van der Waals surface area contributed by atoms with E-state index in [0.717, 1.165) is 15.9 Å². The first-order chi connectivity index (χ1) is 6.55. The Balaban J connectivity index is 2.58. The third-order valence-corrected chi connectivity index (χ3v) is 2.79. The molecule has 78 valence electrons. The van der Waals surface area contributed by atoms with Gasteiger partial charge in [-0.15, -0.1) is 0 Å². The summed E-state index contributed by atoms with van der Waals surface area (Å²) in [6.07, 6.45) is 1.76. The van der Waals surface area contributed by atoms with E-state index in [4.69, 9.17) is 5.11 Å². The Kier molecular flexibility index (Phi) is 4.12. The topological polar surface area (TPSA) is 45.1 Å². The molecule has 0 aliphatic carbocycles. The summed E-state index contributed by atoms with van der Waals surface area (Å²) in [7, 11) is 0. The van der Waals surface area contributed by atoms with Crippen LogP contribution in [0.5, 0.6) is 0 Å². The summed E-state index contributed by atoms with van der Waals surface area (Å²) in [5.41, 5.74) is -0.111. The van der Waals surface area contributed by atoms with Crippen LogP contribution < -0.4 is 5.32 Å². The van der Waals surface area contributed by atoms with E-state index in [1.807, 2.05) is 26.0 Å². The van der Waals surface area contributed by atoms with Gasteiger partial charge in [0.25, 0.3) is 0 Å². The molecule has 1 aromatic rings. The Morgan fingerprint density at radius 1 is 1.57 bits per heavy atom. The second kappa shape index (κ2) is 4.93. The number of nitrogens with one attached hydrogen (secondary N) is 1. The molecule has 1 rings (SSSR count). The Hall–Kier alpha value is -0.360. The quantitative estimate of drug-likeness (QED) is 0.838. The molecule has 0 bridgehead atoms. The molecule has 0 aromatic carbocycles. The summed E-state index contributed by atoms with van der Waals surface area (Å²) >= 11 is 2.24. The van der Waals surface area contributed by atoms with Crippen molar-refractivity contribution in [3.63, 3.8) is 0 Å². The minimum Gasteiger partial charge on any atom is -0.396 e. The fourth-order valence-electron chi connectivity index (χ4n) is 0.895. The van der Waals surface area contributed by atoms with Crippen molar-refractivity contribution in [3.8, 4) is 0 Å². The number of halogens is 1. The molecular formula is C10H15IN2O. The number of rotatable bonds is 4. The van der Waals surface area contributed by atoms with Gasteiger partial charge in [0.2, 0.25) is 0 Å². The van der Waals surface area contributed by atoms with Crippen molar-refractivity contribution in [2.75, 3.05) is 18.5 Å². The molecule has 0 radical (unpaired) electrons. The first-order valence-electron chi connectivity index (χ1n) is 4.50. The van der Waals surface area contributed by atoms with E-state index in [2.05, 4.69) is 32.9 Å². The van der Waals surface area contributed by atoms with E-state index >= 15 is 0 Å². The Morgan fingerprint density at radius 2 is 2.29 bits per heavy atom. The summed E-state index contributed by atoms with van der Waals surface area (Å²) in [4.78, 5) is 4.22. The number of pyridine rings is 1. The summed E-state index contributed by atoms with van der Waals surface area (Å²) in [5.74, 6) is 0.884. The zero-order valence-electron chi connectivity index (χ0n) is 8.42. The van der Waals surface area contributed by atoms with Gasteiger partial charge >= 0.3 is 0 Å². The van der Waals surface area contributed by atoms with Gasteiger partial charge in [0.05, 0.1) is 3.57 Å². The van der Waals surface area contributed by atoms with Crippen LogP contribution >= 0.6 is 22.6 Å². The van der Waals surface area contributed by atoms with Crippen LogP contribution in [-0.4, -0.2) is 23.2 Å². The second-order valence-electron chi connectivity index (χ2n) is 4.01. The van der Waals surface area contributed by atoms with Gasteiger partial charge in [0, 0.05) is 24.8 Å². The number of aromatic nitrogens is 1. The summed E-state index contributed by atoms with van der Waals surface area (Å²) < 4.78 is 1.10. The molecule has 0 atom stereocenters. The number of nitrogens with zero attached hydrogens (tertiary/aromatic N) is 1. The molecule has 3 nitrogen and oxygen atoms in total. The highest BCUT2D eigenvalue weighted by molar-refractivity contribution is 14.1. The van der Waals surface area contributed by atoms with E-state index in [-0.39, 0.29) is 12.0 Å². The lowest BCUT2D eigenvalue weighted by Gasteiger charge is -2.22. The number of hydrogen-bond acceptors (Lipinski definition) is 3. The lowest BCUT2D eigenvalue weighted by Crippen LogP contribution is -2.27. The van der Waals surface area contributed by atoms with Gasteiger partial charge in [-0.1, -0.05) is 13.8 Å². The van der Waals surface area contributed by atoms with Gasteiger partial charge in [-0.3, -0.25) is 0 Å². The molecule has 0 fully saturated rings. The van der Waals surface area contributed by atoms with Crippen molar-refractivity contribution >= 4 is 28.4 Å². The maximum absolute atomic E-state index is 9.08. The average molecular weight is 306 g/mol. The van der Waals surface area contributed by atoms with Crippen molar-refractivity contribution in [3.05, 3.63) is 21.9 Å². The lowest BCUT2D eigenvalue weighted by atomic mass is 9.95. The van der Waals surface area contributed by atoms with Gasteiger partial charge < -0.3 is 10.4 Å². The number of aliphatic hydroxyl groups excluding tert-OH is 1. The molecule has 1 heterocycles. The van der Waals surface area contributed by atoms with Gasteiger partial charge in [-0.05, 0) is 34.7 Å². The van der Waals surface area contributed by atoms with Crippen molar-refractivity contribution in [1.82, 2.24) is 4.98 Å². The summed E-state index contributed by atoms with van der Waals surface area (Å²) in [5, 5.41) is 12.3. The normalized spacial score (nSPS) is 11.4. The van der Waals surface area contributed by atoms with Crippen LogP contribution in [0.1, 0.15) is 13.8 Å². The molecule has 0 saturated carbocycles. The number of aliphatic hydroxyl groups is 1. The Bertz CT molecular complexity index is 302. The molecule has 4 heteroatoms. The highest BCUT2D eigenvalue weighted by atomic mass is 127. The van der Waals surface area contributed by atoms with Crippen LogP contribution in [0.25, 0.3) is 0 Å². The molecule has 0 aliphatic rings. The maximum Gasteiger partial charge on any atom is 0.139 e. The highest BCUT2D eigenvalue weighted by Gasteiger charge is 2.16. The van der Waals surface area contributed by atoms with Gasteiger partial charge in [0.1, 0.15) is 5.82 Å². The standard InChI is InChI=1S/C10H15IN2O/c1-10(2,7-14)6-13-9-8(11)4-3-5-12-9/h3-5,14H,6-7H2,1-2H3,(H,12,13). The molecule has 1 aromatic heterocycles. The van der Waals surface area contributed by atoms with E-state index in [1.165, 1.54) is 0 Å². The van der Waals surface area contributed by atoms with Crippen molar-refractivity contribution in [2.24, 2.45) is 5.41 Å². The van der Waals surface area contributed by atoms with E-state index < -0.39 is 0 Å². The zero-order valence-corrected chi connectivity index (χ0v) is 10.6. The third kappa shape index (κ3) is 3.42. The lowest BCUT2D eigenvalue weighted by molar-refractivity contribution is 0.170. The molecule has 0 aliphatic heterocycles. The molecule has 0 saturated heterocycles. The number of hydrogen-bond donors (Lipinski definition) is 2. The second-order valence-corrected chi connectivity index (χ2v) is 5.17. The van der Waals surface area contributed by atoms with Crippen LogP contribution in [0.15, 0.2) is 18.3 Å². The van der Waals surface area contributed by atoms with E-state index in [1.54, 1.807) is 6.20 Å². The Labute approximate surface area is 98.1 Å². The fraction of sp³-hybridized carbons (Fsp3) is 0.500. The largest absolute Gasteiger partial charge is 0.396 e. The predicted octanol–water partition coefficient (Wildman–Crippen LogP) is 2.12. The monoisotopic (exact) mass is 306 g/mol. The molecule has 0 spiro atoms. The van der Waals surface area contributed by atoms with Gasteiger partial charge in [0.15, 0.2) is 0 Å². The summed E-state index contributed by atoms with van der Waals surface area (Å²) in [6, 6.07) is 3.91. The molecule has 0 unspecified atom stereocenters. The van der Waals surface area contributed by atoms with Crippen molar-refractivity contribution < 1.29 is 5.11 Å². The van der Waals surface area contributed by atoms with Crippen LogP contribution in [-0.2, 0) is 0 Å². The highest BCUT2D eigenvalue weighted by Crippen LogP contribution is 2.18. The average Bonchev–Trinajstić information content (AvgIpc) is 2.17. The molecular weight excluding hydrogens is 291 g/mol. The Morgan fingerprint density at radius 3 is 2.86 bits per heavy atom. The van der Waals surface area contributed by atoms with Crippen molar-refractivity contribution in [1.29, 1.82) is 0 Å². The molecule has 14 heavy (non-hydrogen) atoms. The third-order valence-electron chi connectivity index (χ3n) is 1.92. The van der Waals surface area contributed by atoms with Gasteiger partial charge in [-0.2, -0.15) is 0 Å². The summed E-state index contributed by atoms with van der Waals surface area (Å²) in [6.45, 7) is 4.91. The van der Waals surface area contributed by atoms with Gasteiger partial charge in [-0.25, -0.2) is 4.98 Å². The first-order valence-corrected chi connectivity index (χ1v) is 5.58. The van der Waals surface area contributed by atoms with Crippen LogP contribution in [0, 0.1) is 8.99 Å². The van der Waals surface area contributed by atoms with Crippen LogP contribution in [0.3, 0.4) is 0 Å². The predicted molar refractivity (Wildman–Crippen MR) is 66.3 cm³/mol. The van der Waals surface area contributed by atoms with Crippen LogP contribution in [0.2, 0.25) is 0 Å². The van der Waals surface area contributed by atoms with E-state index in [9.17, 15) is 0 Å². The first kappa shape index (κ1) is 11.7. The number of anilines is 1. The SMILES string of the molecule is CC(C)(CO)CNc1ncccc1I. The zero-order chi connectivity index (χ0) is 10.6. The smallest absolute Gasteiger partial charge is 0.139 e. The fourth-order valence-corrected chi connectivity index (χ4v) is 1.43. The van der Waals surface area contributed by atoms with Crippen molar-refractivity contribution in [2.45, 2.75) is 13.8 Å².